The zero-order chi connectivity index (χ0) is 8.65. The minimum Gasteiger partial charge on any atom is -0.303 e. The van der Waals surface area contributed by atoms with Crippen molar-refractivity contribution in [1.29, 1.82) is 0 Å². The van der Waals surface area contributed by atoms with Crippen LogP contribution in [-0.4, -0.2) is 45.0 Å². The van der Waals surface area contributed by atoms with Crippen LogP contribution in [-0.2, 0) is 9.84 Å². The van der Waals surface area contributed by atoms with Gasteiger partial charge in [-0.05, 0) is 14.0 Å². The summed E-state index contributed by atoms with van der Waals surface area (Å²) in [6, 6.07) is 0.435. The first kappa shape index (κ1) is 9.00. The molecular weight excluding hydrogens is 162 g/mol. The van der Waals surface area contributed by atoms with Gasteiger partial charge in [-0.1, -0.05) is 0 Å². The molecule has 0 radical (unpaired) electrons. The maximum absolute atomic E-state index is 10.9. The van der Waals surface area contributed by atoms with Crippen molar-refractivity contribution in [1.82, 2.24) is 4.90 Å². The van der Waals surface area contributed by atoms with Crippen molar-refractivity contribution < 1.29 is 8.42 Å². The van der Waals surface area contributed by atoms with E-state index < -0.39 is 9.84 Å². The fourth-order valence-corrected chi connectivity index (χ4v) is 2.65. The van der Waals surface area contributed by atoms with Gasteiger partial charge in [0.25, 0.3) is 0 Å². The van der Waals surface area contributed by atoms with Crippen LogP contribution in [0.2, 0.25) is 0 Å². The maximum atomic E-state index is 10.9. The summed E-state index contributed by atoms with van der Waals surface area (Å²) in [6.07, 6.45) is 1.30. The van der Waals surface area contributed by atoms with Crippen molar-refractivity contribution in [2.75, 3.05) is 25.6 Å². The zero-order valence-electron chi connectivity index (χ0n) is 7.24. The molecule has 0 unspecified atom stereocenters. The quantitative estimate of drug-likeness (QED) is 0.595. The minimum atomic E-state index is -2.77. The number of nitrogens with zero attached hydrogens (tertiary/aromatic N) is 1. The molecule has 0 amide bonds. The molecule has 11 heavy (non-hydrogen) atoms. The molecule has 1 aliphatic rings. The molecule has 0 bridgehead atoms. The molecule has 1 saturated heterocycles. The van der Waals surface area contributed by atoms with Gasteiger partial charge >= 0.3 is 0 Å². The van der Waals surface area contributed by atoms with E-state index in [1.54, 1.807) is 0 Å². The molecule has 1 aliphatic heterocycles. The molecule has 0 saturated carbocycles. The van der Waals surface area contributed by atoms with Gasteiger partial charge in [-0.2, -0.15) is 0 Å². The molecule has 1 rings (SSSR count). The van der Waals surface area contributed by atoms with Crippen LogP contribution in [0.25, 0.3) is 0 Å². The van der Waals surface area contributed by atoms with E-state index in [-0.39, 0.29) is 0 Å². The molecule has 1 fully saturated rings. The van der Waals surface area contributed by atoms with Crippen LogP contribution in [0, 0.1) is 5.92 Å². The SMILES string of the molecule is C[C@@H]1[C@@H](CS(C)(=O)=O)CN1C. The Balaban J connectivity index is 2.43. The van der Waals surface area contributed by atoms with Crippen molar-refractivity contribution in [2.45, 2.75) is 13.0 Å². The molecule has 0 N–H and O–H groups in total. The average Bonchev–Trinajstić information content (AvgIpc) is 1.84. The first-order valence-corrected chi connectivity index (χ1v) is 5.84. The van der Waals surface area contributed by atoms with E-state index in [0.29, 0.717) is 17.7 Å². The Morgan fingerprint density at radius 1 is 1.55 bits per heavy atom. The van der Waals surface area contributed by atoms with E-state index in [4.69, 9.17) is 0 Å². The third kappa shape index (κ3) is 2.17. The molecule has 4 heteroatoms. The second-order valence-corrected chi connectivity index (χ2v) is 5.72. The Bertz CT molecular complexity index is 235. The van der Waals surface area contributed by atoms with E-state index in [0.717, 1.165) is 6.54 Å². The molecular formula is C7H15NO2S. The first-order chi connectivity index (χ1) is 4.90. The normalized spacial score (nSPS) is 33.4. The minimum absolute atomic E-state index is 0.346. The fraction of sp³-hybridized carbons (Fsp3) is 1.00. The van der Waals surface area contributed by atoms with Gasteiger partial charge in [-0.15, -0.1) is 0 Å². The summed E-state index contributed by atoms with van der Waals surface area (Å²) in [5, 5.41) is 0. The summed E-state index contributed by atoms with van der Waals surface area (Å²) in [4.78, 5) is 2.16. The molecule has 0 aromatic carbocycles. The van der Waals surface area contributed by atoms with E-state index >= 15 is 0 Å². The molecule has 0 aliphatic carbocycles. The van der Waals surface area contributed by atoms with Crippen molar-refractivity contribution in [3.05, 3.63) is 0 Å². The monoisotopic (exact) mass is 177 g/mol. The van der Waals surface area contributed by atoms with Crippen LogP contribution in [0.1, 0.15) is 6.92 Å². The summed E-state index contributed by atoms with van der Waals surface area (Å²) < 4.78 is 21.7. The summed E-state index contributed by atoms with van der Waals surface area (Å²) >= 11 is 0. The summed E-state index contributed by atoms with van der Waals surface area (Å²) in [7, 11) is -0.750. The topological polar surface area (TPSA) is 37.4 Å². The Labute approximate surface area is 68.3 Å². The van der Waals surface area contributed by atoms with Gasteiger partial charge in [0.2, 0.25) is 0 Å². The van der Waals surface area contributed by atoms with Gasteiger partial charge in [0.1, 0.15) is 9.84 Å². The van der Waals surface area contributed by atoms with Gasteiger partial charge in [0.05, 0.1) is 5.75 Å². The van der Waals surface area contributed by atoms with Crippen molar-refractivity contribution in [2.24, 2.45) is 5.92 Å². The van der Waals surface area contributed by atoms with Crippen molar-refractivity contribution in [3.63, 3.8) is 0 Å². The van der Waals surface area contributed by atoms with Crippen LogP contribution >= 0.6 is 0 Å². The number of rotatable bonds is 2. The average molecular weight is 177 g/mol. The first-order valence-electron chi connectivity index (χ1n) is 3.78. The van der Waals surface area contributed by atoms with E-state index in [9.17, 15) is 8.42 Å². The van der Waals surface area contributed by atoms with Gasteiger partial charge in [0, 0.05) is 24.8 Å². The molecule has 3 nitrogen and oxygen atoms in total. The molecule has 66 valence electrons. The Kier molecular flexibility index (Phi) is 2.25. The standard InChI is InChI=1S/C7H15NO2S/c1-6-7(4-8(6)2)5-11(3,9)10/h6-7H,4-5H2,1-3H3/t6-,7-/m1/s1. The third-order valence-corrected chi connectivity index (χ3v) is 3.45. The molecule has 0 spiro atoms. The molecule has 0 aromatic rings. The van der Waals surface area contributed by atoms with Gasteiger partial charge in [-0.3, -0.25) is 0 Å². The third-order valence-electron chi connectivity index (χ3n) is 2.42. The second-order valence-electron chi connectivity index (χ2n) is 3.53. The number of likely N-dealkylation sites (tertiary alicyclic amines) is 1. The summed E-state index contributed by atoms with van der Waals surface area (Å²) in [6.45, 7) is 2.99. The van der Waals surface area contributed by atoms with Crippen molar-refractivity contribution in [3.8, 4) is 0 Å². The van der Waals surface area contributed by atoms with E-state index in [1.807, 2.05) is 7.05 Å². The number of hydrogen-bond acceptors (Lipinski definition) is 3. The van der Waals surface area contributed by atoms with Crippen LogP contribution in [0.3, 0.4) is 0 Å². The van der Waals surface area contributed by atoms with Gasteiger partial charge < -0.3 is 4.90 Å². The lowest BCUT2D eigenvalue weighted by Gasteiger charge is -2.43. The largest absolute Gasteiger partial charge is 0.303 e. The lowest BCUT2D eigenvalue weighted by molar-refractivity contribution is 0.0700. The Morgan fingerprint density at radius 2 is 2.09 bits per heavy atom. The highest BCUT2D eigenvalue weighted by Crippen LogP contribution is 2.23. The molecule has 0 aromatic heterocycles. The number of hydrogen-bond donors (Lipinski definition) is 0. The highest BCUT2D eigenvalue weighted by molar-refractivity contribution is 7.90. The lowest BCUT2D eigenvalue weighted by Crippen LogP contribution is -2.54. The highest BCUT2D eigenvalue weighted by atomic mass is 32.2. The van der Waals surface area contributed by atoms with E-state index in [1.165, 1.54) is 6.26 Å². The van der Waals surface area contributed by atoms with Crippen LogP contribution in [0.15, 0.2) is 0 Å². The van der Waals surface area contributed by atoms with Gasteiger partial charge in [-0.25, -0.2) is 8.42 Å². The zero-order valence-corrected chi connectivity index (χ0v) is 8.06. The summed E-state index contributed by atoms with van der Waals surface area (Å²) in [5.41, 5.74) is 0. The van der Waals surface area contributed by atoms with Crippen LogP contribution < -0.4 is 0 Å². The predicted octanol–water partition coefficient (Wildman–Crippen LogP) is -0.0189. The second kappa shape index (κ2) is 2.75. The molecule has 1 heterocycles. The number of sulfone groups is 1. The van der Waals surface area contributed by atoms with Crippen LogP contribution in [0.5, 0.6) is 0 Å². The van der Waals surface area contributed by atoms with Gasteiger partial charge in [0.15, 0.2) is 0 Å². The highest BCUT2D eigenvalue weighted by Gasteiger charge is 2.34. The van der Waals surface area contributed by atoms with E-state index in [2.05, 4.69) is 11.8 Å². The maximum Gasteiger partial charge on any atom is 0.147 e. The lowest BCUT2D eigenvalue weighted by atomic mass is 9.93. The Morgan fingerprint density at radius 3 is 2.36 bits per heavy atom. The molecule has 2 atom stereocenters. The Hall–Kier alpha value is -0.0900. The predicted molar refractivity (Wildman–Crippen MR) is 45.3 cm³/mol. The smallest absolute Gasteiger partial charge is 0.147 e. The van der Waals surface area contributed by atoms with Crippen LogP contribution in [0.4, 0.5) is 0 Å². The van der Waals surface area contributed by atoms with Crippen molar-refractivity contribution >= 4 is 9.84 Å². The summed E-state index contributed by atoms with van der Waals surface area (Å²) in [5.74, 6) is 0.702. The fourth-order valence-electron chi connectivity index (χ4n) is 1.49.